The summed E-state index contributed by atoms with van der Waals surface area (Å²) in [5.74, 6) is 0.638. The molecule has 0 bridgehead atoms. The van der Waals surface area contributed by atoms with Gasteiger partial charge < -0.3 is 15.5 Å². The van der Waals surface area contributed by atoms with Crippen LogP contribution < -0.4 is 10.6 Å². The Labute approximate surface area is 97.8 Å². The van der Waals surface area contributed by atoms with E-state index in [1.54, 1.807) is 0 Å². The monoisotopic (exact) mass is 225 g/mol. The fourth-order valence-corrected chi connectivity index (χ4v) is 2.31. The third-order valence-corrected chi connectivity index (χ3v) is 3.51. The first kappa shape index (κ1) is 11.7. The Morgan fingerprint density at radius 1 is 1.38 bits per heavy atom. The minimum absolute atomic E-state index is 0.0242. The molecule has 1 heterocycles. The molecule has 1 saturated heterocycles. The van der Waals surface area contributed by atoms with E-state index in [1.165, 1.54) is 19.4 Å². The Hall–Kier alpha value is -0.770. The molecule has 2 fully saturated rings. The quantitative estimate of drug-likeness (QED) is 0.754. The summed E-state index contributed by atoms with van der Waals surface area (Å²) in [6.45, 7) is 6.52. The van der Waals surface area contributed by atoms with Crippen molar-refractivity contribution in [1.29, 1.82) is 0 Å². The molecule has 1 unspecified atom stereocenters. The van der Waals surface area contributed by atoms with Crippen LogP contribution in [0.25, 0.3) is 0 Å². The second-order valence-electron chi connectivity index (χ2n) is 5.03. The molecule has 2 rings (SSSR count). The molecule has 0 spiro atoms. The van der Waals surface area contributed by atoms with Crippen LogP contribution >= 0.6 is 0 Å². The van der Waals surface area contributed by atoms with Crippen LogP contribution in [0.1, 0.15) is 32.6 Å². The molecule has 0 aromatic heterocycles. The van der Waals surface area contributed by atoms with E-state index in [4.69, 9.17) is 0 Å². The molecule has 1 atom stereocenters. The Bertz CT molecular complexity index is 240. The van der Waals surface area contributed by atoms with Gasteiger partial charge in [-0.2, -0.15) is 0 Å². The van der Waals surface area contributed by atoms with Crippen LogP contribution in [-0.4, -0.2) is 43.2 Å². The van der Waals surface area contributed by atoms with E-state index in [0.29, 0.717) is 12.0 Å². The smallest absolute Gasteiger partial charge is 0.315 e. The van der Waals surface area contributed by atoms with Crippen molar-refractivity contribution in [2.24, 2.45) is 5.92 Å². The summed E-state index contributed by atoms with van der Waals surface area (Å²) < 4.78 is 0. The molecular weight excluding hydrogens is 202 g/mol. The van der Waals surface area contributed by atoms with E-state index in [-0.39, 0.29) is 6.03 Å². The van der Waals surface area contributed by atoms with Crippen LogP contribution in [-0.2, 0) is 0 Å². The SMILES string of the molecule is CCN1CCCC(CNC(=O)NC2CC2)C1. The molecule has 0 radical (unpaired) electrons. The number of nitrogens with zero attached hydrogens (tertiary/aromatic N) is 1. The van der Waals surface area contributed by atoms with Gasteiger partial charge in [0.1, 0.15) is 0 Å². The molecule has 1 saturated carbocycles. The molecule has 2 amide bonds. The Kier molecular flexibility index (Phi) is 4.04. The number of nitrogens with one attached hydrogen (secondary N) is 2. The minimum Gasteiger partial charge on any atom is -0.338 e. The first-order chi connectivity index (χ1) is 7.78. The maximum absolute atomic E-state index is 11.5. The third-order valence-electron chi connectivity index (χ3n) is 3.51. The Balaban J connectivity index is 1.62. The molecule has 0 aromatic rings. The van der Waals surface area contributed by atoms with E-state index in [9.17, 15) is 4.79 Å². The van der Waals surface area contributed by atoms with Crippen molar-refractivity contribution in [3.63, 3.8) is 0 Å². The summed E-state index contributed by atoms with van der Waals surface area (Å²) in [5, 5.41) is 5.95. The van der Waals surface area contributed by atoms with Gasteiger partial charge in [0, 0.05) is 19.1 Å². The zero-order valence-corrected chi connectivity index (χ0v) is 10.2. The fourth-order valence-electron chi connectivity index (χ4n) is 2.31. The van der Waals surface area contributed by atoms with Crippen LogP contribution in [0.5, 0.6) is 0 Å². The first-order valence-corrected chi connectivity index (χ1v) is 6.54. The average molecular weight is 225 g/mol. The number of rotatable bonds is 4. The highest BCUT2D eigenvalue weighted by Crippen LogP contribution is 2.18. The lowest BCUT2D eigenvalue weighted by Gasteiger charge is -2.31. The van der Waals surface area contributed by atoms with Crippen LogP contribution in [0, 0.1) is 5.92 Å². The number of carbonyl (C=O) groups is 1. The number of piperidine rings is 1. The lowest BCUT2D eigenvalue weighted by atomic mass is 9.98. The number of urea groups is 1. The zero-order valence-electron chi connectivity index (χ0n) is 10.2. The first-order valence-electron chi connectivity index (χ1n) is 6.54. The summed E-state index contributed by atoms with van der Waals surface area (Å²) in [4.78, 5) is 13.9. The summed E-state index contributed by atoms with van der Waals surface area (Å²) >= 11 is 0. The second kappa shape index (κ2) is 5.53. The minimum atomic E-state index is 0.0242. The predicted molar refractivity (Wildman–Crippen MR) is 64.4 cm³/mol. The van der Waals surface area contributed by atoms with Crippen molar-refractivity contribution in [2.45, 2.75) is 38.6 Å². The maximum atomic E-state index is 11.5. The number of likely N-dealkylation sites (tertiary alicyclic amines) is 1. The van der Waals surface area contributed by atoms with Gasteiger partial charge in [0.15, 0.2) is 0 Å². The Morgan fingerprint density at radius 2 is 2.19 bits per heavy atom. The van der Waals surface area contributed by atoms with Crippen molar-refractivity contribution in [1.82, 2.24) is 15.5 Å². The van der Waals surface area contributed by atoms with Crippen LogP contribution in [0.3, 0.4) is 0 Å². The van der Waals surface area contributed by atoms with Crippen LogP contribution in [0.15, 0.2) is 0 Å². The van der Waals surface area contributed by atoms with E-state index < -0.39 is 0 Å². The van der Waals surface area contributed by atoms with Gasteiger partial charge in [0.25, 0.3) is 0 Å². The van der Waals surface area contributed by atoms with Gasteiger partial charge in [-0.05, 0) is 44.7 Å². The van der Waals surface area contributed by atoms with Crippen molar-refractivity contribution >= 4 is 6.03 Å². The lowest BCUT2D eigenvalue weighted by molar-refractivity contribution is 0.179. The molecule has 1 aliphatic heterocycles. The second-order valence-corrected chi connectivity index (χ2v) is 5.03. The van der Waals surface area contributed by atoms with Gasteiger partial charge >= 0.3 is 6.03 Å². The average Bonchev–Trinajstić information content (AvgIpc) is 3.10. The van der Waals surface area contributed by atoms with E-state index in [2.05, 4.69) is 22.5 Å². The Morgan fingerprint density at radius 3 is 2.88 bits per heavy atom. The largest absolute Gasteiger partial charge is 0.338 e. The van der Waals surface area contributed by atoms with Gasteiger partial charge in [0.05, 0.1) is 0 Å². The predicted octanol–water partition coefficient (Wildman–Crippen LogP) is 1.18. The highest BCUT2D eigenvalue weighted by molar-refractivity contribution is 5.74. The van der Waals surface area contributed by atoms with Crippen molar-refractivity contribution in [3.05, 3.63) is 0 Å². The topological polar surface area (TPSA) is 44.4 Å². The summed E-state index contributed by atoms with van der Waals surface area (Å²) in [6.07, 6.45) is 4.82. The van der Waals surface area contributed by atoms with Crippen molar-refractivity contribution < 1.29 is 4.79 Å². The van der Waals surface area contributed by atoms with Gasteiger partial charge in [-0.25, -0.2) is 4.79 Å². The maximum Gasteiger partial charge on any atom is 0.315 e. The molecule has 92 valence electrons. The number of amides is 2. The molecular formula is C12H23N3O. The molecule has 0 aromatic carbocycles. The molecule has 4 nitrogen and oxygen atoms in total. The molecule has 2 aliphatic rings. The third kappa shape index (κ3) is 3.67. The van der Waals surface area contributed by atoms with Crippen LogP contribution in [0.2, 0.25) is 0 Å². The molecule has 4 heteroatoms. The number of hydrogen-bond donors (Lipinski definition) is 2. The zero-order chi connectivity index (χ0) is 11.4. The summed E-state index contributed by atoms with van der Waals surface area (Å²) in [7, 11) is 0. The summed E-state index contributed by atoms with van der Waals surface area (Å²) in [6, 6.07) is 0.481. The highest BCUT2D eigenvalue weighted by atomic mass is 16.2. The molecule has 1 aliphatic carbocycles. The highest BCUT2D eigenvalue weighted by Gasteiger charge is 2.24. The standard InChI is InChI=1S/C12H23N3O/c1-2-15-7-3-4-10(9-15)8-13-12(16)14-11-5-6-11/h10-11H,2-9H2,1H3,(H2,13,14,16). The molecule has 2 N–H and O–H groups in total. The number of carbonyl (C=O) groups excluding carboxylic acids is 1. The van der Waals surface area contributed by atoms with E-state index in [1.807, 2.05) is 0 Å². The fraction of sp³-hybridized carbons (Fsp3) is 0.917. The van der Waals surface area contributed by atoms with Gasteiger partial charge in [-0.15, -0.1) is 0 Å². The normalized spacial score (nSPS) is 26.4. The van der Waals surface area contributed by atoms with Gasteiger partial charge in [0.2, 0.25) is 0 Å². The number of hydrogen-bond acceptors (Lipinski definition) is 2. The summed E-state index contributed by atoms with van der Waals surface area (Å²) in [5.41, 5.74) is 0. The molecule has 16 heavy (non-hydrogen) atoms. The van der Waals surface area contributed by atoms with E-state index >= 15 is 0 Å². The van der Waals surface area contributed by atoms with Crippen LogP contribution in [0.4, 0.5) is 4.79 Å². The van der Waals surface area contributed by atoms with Crippen molar-refractivity contribution in [3.8, 4) is 0 Å². The van der Waals surface area contributed by atoms with E-state index in [0.717, 1.165) is 32.5 Å². The van der Waals surface area contributed by atoms with Crippen molar-refractivity contribution in [2.75, 3.05) is 26.2 Å². The van der Waals surface area contributed by atoms with Gasteiger partial charge in [-0.3, -0.25) is 0 Å². The van der Waals surface area contributed by atoms with Gasteiger partial charge in [-0.1, -0.05) is 6.92 Å². The lowest BCUT2D eigenvalue weighted by Crippen LogP contribution is -2.44.